The molecule has 5 rings (SSSR count). The van der Waals surface area contributed by atoms with Gasteiger partial charge in [-0.25, -0.2) is 27.5 Å². The van der Waals surface area contributed by atoms with Gasteiger partial charge in [0.25, 0.3) is 5.82 Å². The summed E-state index contributed by atoms with van der Waals surface area (Å²) in [4.78, 5) is 23.7. The molecule has 12 heteroatoms. The number of amides is 2. The Labute approximate surface area is 187 Å². The summed E-state index contributed by atoms with van der Waals surface area (Å²) in [6.45, 7) is 1.90. The van der Waals surface area contributed by atoms with E-state index in [2.05, 4.69) is 20.4 Å². The van der Waals surface area contributed by atoms with E-state index in [4.69, 9.17) is 4.52 Å². The van der Waals surface area contributed by atoms with E-state index in [9.17, 15) is 18.0 Å². The molecule has 1 aromatic carbocycles. The first-order chi connectivity index (χ1) is 15.8. The molecule has 9 nitrogen and oxygen atoms in total. The predicted molar refractivity (Wildman–Crippen MR) is 112 cm³/mol. The molecule has 1 aliphatic heterocycles. The highest BCUT2D eigenvalue weighted by atomic mass is 19.3. The van der Waals surface area contributed by atoms with E-state index in [1.54, 1.807) is 22.6 Å². The number of benzene rings is 1. The maximum absolute atomic E-state index is 13.6. The Morgan fingerprint density at radius 1 is 1.24 bits per heavy atom. The van der Waals surface area contributed by atoms with E-state index in [1.807, 2.05) is 4.90 Å². The van der Waals surface area contributed by atoms with Crippen LogP contribution in [0.3, 0.4) is 0 Å². The van der Waals surface area contributed by atoms with Gasteiger partial charge >= 0.3 is 17.9 Å². The molecule has 2 aliphatic rings. The van der Waals surface area contributed by atoms with Gasteiger partial charge in [0, 0.05) is 51.1 Å². The van der Waals surface area contributed by atoms with Crippen LogP contribution < -0.4 is 14.8 Å². The van der Waals surface area contributed by atoms with Crippen molar-refractivity contribution < 1.29 is 27.1 Å². The van der Waals surface area contributed by atoms with Gasteiger partial charge in [0.1, 0.15) is 5.82 Å². The SMILES string of the molecule is C[n+]1c(-c2noc(N3CCN(C(=O)NC4CCC(F)(F)CC4)CC3)n2)[nH]c2ccc(F)cc21. The molecule has 0 radical (unpaired) electrons. The molecule has 2 aromatic heterocycles. The minimum Gasteiger partial charge on any atom is -0.335 e. The molecule has 3 aromatic rings. The first kappa shape index (κ1) is 21.5. The Bertz CT molecular complexity index is 1160. The van der Waals surface area contributed by atoms with Gasteiger partial charge in [0.05, 0.1) is 7.05 Å². The lowest BCUT2D eigenvalue weighted by Crippen LogP contribution is -2.54. The number of nitrogens with zero attached hydrogens (tertiary/aromatic N) is 5. The van der Waals surface area contributed by atoms with Crippen molar-refractivity contribution in [3.63, 3.8) is 0 Å². The summed E-state index contributed by atoms with van der Waals surface area (Å²) in [5, 5.41) is 6.94. The number of aromatic nitrogens is 4. The number of piperazine rings is 1. The van der Waals surface area contributed by atoms with E-state index in [0.717, 1.165) is 5.52 Å². The average Bonchev–Trinajstić information content (AvgIpc) is 3.40. The minimum absolute atomic E-state index is 0.186. The number of urea groups is 1. The van der Waals surface area contributed by atoms with Crippen molar-refractivity contribution in [2.45, 2.75) is 37.6 Å². The van der Waals surface area contributed by atoms with E-state index < -0.39 is 5.92 Å². The predicted octanol–water partition coefficient (Wildman–Crippen LogP) is 2.59. The number of carbonyl (C=O) groups is 1. The second-order valence-corrected chi connectivity index (χ2v) is 8.65. The van der Waals surface area contributed by atoms with Crippen molar-refractivity contribution in [3.05, 3.63) is 24.0 Å². The highest BCUT2D eigenvalue weighted by molar-refractivity contribution is 5.75. The number of anilines is 1. The number of halogens is 3. The highest BCUT2D eigenvalue weighted by Crippen LogP contribution is 2.33. The van der Waals surface area contributed by atoms with Crippen molar-refractivity contribution in [2.24, 2.45) is 7.05 Å². The number of aromatic amines is 1. The van der Waals surface area contributed by atoms with Crippen LogP contribution in [0.5, 0.6) is 0 Å². The topological polar surface area (TPSA) is 94.2 Å². The zero-order chi connectivity index (χ0) is 23.2. The fraction of sp³-hybridized carbons (Fsp3) is 0.524. The third-order valence-electron chi connectivity index (χ3n) is 6.42. The lowest BCUT2D eigenvalue weighted by atomic mass is 9.92. The Morgan fingerprint density at radius 2 is 1.97 bits per heavy atom. The Balaban J connectivity index is 1.19. The smallest absolute Gasteiger partial charge is 0.329 e. The van der Waals surface area contributed by atoms with Crippen LogP contribution in [-0.4, -0.2) is 64.2 Å². The van der Waals surface area contributed by atoms with Crippen LogP contribution in [0.1, 0.15) is 25.7 Å². The largest absolute Gasteiger partial charge is 0.335 e. The molecule has 1 aliphatic carbocycles. The molecule has 1 saturated heterocycles. The summed E-state index contributed by atoms with van der Waals surface area (Å²) in [5.74, 6) is -2.02. The number of H-pyrrole nitrogens is 1. The van der Waals surface area contributed by atoms with Crippen LogP contribution in [0, 0.1) is 5.82 Å². The molecule has 2 amide bonds. The molecule has 176 valence electrons. The van der Waals surface area contributed by atoms with Crippen LogP contribution in [0.15, 0.2) is 22.7 Å². The second kappa shape index (κ2) is 8.23. The number of rotatable bonds is 3. The van der Waals surface area contributed by atoms with Gasteiger partial charge in [-0.15, -0.1) is 0 Å². The second-order valence-electron chi connectivity index (χ2n) is 8.65. The number of hydrogen-bond donors (Lipinski definition) is 2. The van der Waals surface area contributed by atoms with Crippen molar-refractivity contribution >= 4 is 23.1 Å². The van der Waals surface area contributed by atoms with Gasteiger partial charge < -0.3 is 19.6 Å². The molecule has 0 unspecified atom stereocenters. The molecule has 0 bridgehead atoms. The van der Waals surface area contributed by atoms with Gasteiger partial charge in [-0.05, 0) is 30.1 Å². The molecule has 2 N–H and O–H groups in total. The maximum Gasteiger partial charge on any atom is 0.329 e. The first-order valence-electron chi connectivity index (χ1n) is 11.0. The third-order valence-corrected chi connectivity index (χ3v) is 6.42. The number of nitrogens with one attached hydrogen (secondary N) is 2. The zero-order valence-electron chi connectivity index (χ0n) is 18.2. The summed E-state index contributed by atoms with van der Waals surface area (Å²) >= 11 is 0. The lowest BCUT2D eigenvalue weighted by molar-refractivity contribution is -0.633. The number of aryl methyl sites for hydroxylation is 1. The fourth-order valence-corrected chi connectivity index (χ4v) is 4.42. The van der Waals surface area contributed by atoms with Gasteiger partial charge in [-0.3, -0.25) is 0 Å². The monoisotopic (exact) mass is 464 g/mol. The van der Waals surface area contributed by atoms with Crippen LogP contribution >= 0.6 is 0 Å². The van der Waals surface area contributed by atoms with Crippen LogP contribution in [0.4, 0.5) is 24.0 Å². The van der Waals surface area contributed by atoms with Crippen molar-refractivity contribution in [1.29, 1.82) is 0 Å². The summed E-state index contributed by atoms with van der Waals surface area (Å²) in [6, 6.07) is 4.36. The first-order valence-corrected chi connectivity index (χ1v) is 11.0. The number of alkyl halides is 2. The lowest BCUT2D eigenvalue weighted by Gasteiger charge is -2.35. The summed E-state index contributed by atoms with van der Waals surface area (Å²) in [6.07, 6.45) is 0.213. The van der Waals surface area contributed by atoms with Crippen LogP contribution in [-0.2, 0) is 7.05 Å². The average molecular weight is 464 g/mol. The van der Waals surface area contributed by atoms with Crippen molar-refractivity contribution in [1.82, 2.24) is 25.3 Å². The number of hydrogen-bond acceptors (Lipinski definition) is 5. The van der Waals surface area contributed by atoms with Gasteiger partial charge in [-0.2, -0.15) is 4.98 Å². The molecule has 33 heavy (non-hydrogen) atoms. The normalized spacial score (nSPS) is 19.3. The standard InChI is InChI=1S/C21H24F3N7O2/c1-29-16-12-13(22)2-3-15(16)26-18(29)17-27-20(33-28-17)31-10-8-30(9-11-31)19(32)25-14-4-6-21(23,24)7-5-14/h2-3,12,14H,4-11H2,1H3,(H,25,32)/p+1. The van der Waals surface area contributed by atoms with Crippen molar-refractivity contribution in [2.75, 3.05) is 31.1 Å². The summed E-state index contributed by atoms with van der Waals surface area (Å²) < 4.78 is 47.4. The number of fused-ring (bicyclic) bond motifs is 1. The Kier molecular flexibility index (Phi) is 5.37. The summed E-state index contributed by atoms with van der Waals surface area (Å²) in [5.41, 5.74) is 1.43. The van der Waals surface area contributed by atoms with Crippen LogP contribution in [0.25, 0.3) is 22.7 Å². The molecule has 1 saturated carbocycles. The minimum atomic E-state index is -2.62. The Hall–Kier alpha value is -3.31. The number of imidazole rings is 1. The molecule has 2 fully saturated rings. The van der Waals surface area contributed by atoms with E-state index in [1.165, 1.54) is 12.1 Å². The summed E-state index contributed by atoms with van der Waals surface area (Å²) in [7, 11) is 1.79. The Morgan fingerprint density at radius 3 is 2.70 bits per heavy atom. The molecule has 0 atom stereocenters. The zero-order valence-corrected chi connectivity index (χ0v) is 18.2. The fourth-order valence-electron chi connectivity index (χ4n) is 4.42. The van der Waals surface area contributed by atoms with Crippen LogP contribution in [0.2, 0.25) is 0 Å². The molecule has 3 heterocycles. The van der Waals surface area contributed by atoms with E-state index in [0.29, 0.717) is 62.2 Å². The van der Waals surface area contributed by atoms with Gasteiger partial charge in [-0.1, -0.05) is 0 Å². The highest BCUT2D eigenvalue weighted by Gasteiger charge is 2.36. The van der Waals surface area contributed by atoms with Crippen molar-refractivity contribution in [3.8, 4) is 11.6 Å². The molecule has 0 spiro atoms. The van der Waals surface area contributed by atoms with Gasteiger partial charge in [0.15, 0.2) is 11.0 Å². The number of carbonyl (C=O) groups excluding carboxylic acids is 1. The molecular formula is C21H25F3N7O2+. The third kappa shape index (κ3) is 4.33. The quantitative estimate of drug-likeness (QED) is 0.582. The van der Waals surface area contributed by atoms with E-state index >= 15 is 0 Å². The molecular weight excluding hydrogens is 439 g/mol. The maximum atomic E-state index is 13.6. The van der Waals surface area contributed by atoms with E-state index in [-0.39, 0.29) is 30.7 Å². The van der Waals surface area contributed by atoms with Gasteiger partial charge in [0.2, 0.25) is 5.92 Å².